The van der Waals surface area contributed by atoms with Gasteiger partial charge in [0.05, 0.1) is 21.6 Å². The van der Waals surface area contributed by atoms with Crippen molar-refractivity contribution in [3.63, 3.8) is 0 Å². The molecule has 6 heteroatoms. The molecule has 1 N–H and O–H groups in total. The molecule has 1 fully saturated rings. The molecule has 4 nitrogen and oxygen atoms in total. The fourth-order valence-electron chi connectivity index (χ4n) is 2.75. The van der Waals surface area contributed by atoms with Gasteiger partial charge >= 0.3 is 0 Å². The molecule has 2 aliphatic rings. The third-order valence-corrected chi connectivity index (χ3v) is 4.23. The average Bonchev–Trinajstić information content (AvgIpc) is 2.81. The summed E-state index contributed by atoms with van der Waals surface area (Å²) in [7, 11) is 0. The van der Waals surface area contributed by atoms with Gasteiger partial charge in [0.25, 0.3) is 0 Å². The van der Waals surface area contributed by atoms with Crippen molar-refractivity contribution in [3.8, 4) is 0 Å². The van der Waals surface area contributed by atoms with Crippen LogP contribution < -0.4 is 0 Å². The summed E-state index contributed by atoms with van der Waals surface area (Å²) in [5.74, 6) is -0.686. The van der Waals surface area contributed by atoms with E-state index < -0.39 is 17.6 Å². The molecule has 0 amide bonds. The zero-order chi connectivity index (χ0) is 13.8. The van der Waals surface area contributed by atoms with Gasteiger partial charge in [0.15, 0.2) is 11.9 Å². The van der Waals surface area contributed by atoms with Gasteiger partial charge in [0.1, 0.15) is 5.71 Å². The smallest absolute Gasteiger partial charge is 0.196 e. The van der Waals surface area contributed by atoms with Crippen LogP contribution in [-0.4, -0.2) is 28.3 Å². The fraction of sp³-hybridized carbons (Fsp3) is 0.385. The van der Waals surface area contributed by atoms with Gasteiger partial charge in [-0.25, -0.2) is 0 Å². The molecule has 1 aliphatic heterocycles. The molecule has 1 aromatic carbocycles. The van der Waals surface area contributed by atoms with Crippen molar-refractivity contribution in [2.75, 3.05) is 0 Å². The molecule has 1 saturated carbocycles. The lowest BCUT2D eigenvalue weighted by atomic mass is 9.85. The van der Waals surface area contributed by atoms with Crippen molar-refractivity contribution < 1.29 is 14.7 Å². The molecule has 0 spiro atoms. The minimum absolute atomic E-state index is 0.0451. The maximum Gasteiger partial charge on any atom is 0.196 e. The second-order valence-electron chi connectivity index (χ2n) is 5.08. The Balaban J connectivity index is 2.10. The van der Waals surface area contributed by atoms with Crippen LogP contribution in [0.2, 0.25) is 10.0 Å². The number of halogens is 2. The van der Waals surface area contributed by atoms with Crippen LogP contribution in [0.4, 0.5) is 0 Å². The van der Waals surface area contributed by atoms with Gasteiger partial charge in [0, 0.05) is 12.0 Å². The van der Waals surface area contributed by atoms with Gasteiger partial charge in [-0.05, 0) is 19.1 Å². The second kappa shape index (κ2) is 4.20. The molecule has 1 heterocycles. The summed E-state index contributed by atoms with van der Waals surface area (Å²) in [6, 6.07) is 5.09. The summed E-state index contributed by atoms with van der Waals surface area (Å²) in [4.78, 5) is 17.0. The quantitative estimate of drug-likeness (QED) is 0.866. The van der Waals surface area contributed by atoms with Gasteiger partial charge < -0.3 is 9.94 Å². The highest BCUT2D eigenvalue weighted by Gasteiger charge is 2.57. The van der Waals surface area contributed by atoms with Crippen molar-refractivity contribution in [1.82, 2.24) is 0 Å². The molecule has 0 bridgehead atoms. The van der Waals surface area contributed by atoms with E-state index in [1.165, 1.54) is 0 Å². The molecule has 0 aromatic heterocycles. The number of rotatable bonds is 1. The first kappa shape index (κ1) is 12.9. The SMILES string of the molecule is C[C@]1(O)CC(=O)[C@H]2ON=C(c3c(Cl)cccc3Cl)[C@H]21. The Labute approximate surface area is 119 Å². The van der Waals surface area contributed by atoms with E-state index in [2.05, 4.69) is 5.16 Å². The van der Waals surface area contributed by atoms with Crippen LogP contribution in [0, 0.1) is 5.92 Å². The maximum atomic E-state index is 11.8. The standard InChI is InChI=1S/C13H11Cl2NO3/c1-13(18)5-8(17)12-10(13)11(16-19-12)9-6(14)3-2-4-7(9)15/h2-4,10,12,18H,5H2,1H3/t10-,12-,13+/m1/s1. The molecule has 0 saturated heterocycles. The lowest BCUT2D eigenvalue weighted by Crippen LogP contribution is -2.37. The Morgan fingerprint density at radius 2 is 2.05 bits per heavy atom. The highest BCUT2D eigenvalue weighted by atomic mass is 35.5. The number of nitrogens with zero attached hydrogens (tertiary/aromatic N) is 1. The third-order valence-electron chi connectivity index (χ3n) is 3.60. The minimum atomic E-state index is -1.19. The number of oxime groups is 1. The van der Waals surface area contributed by atoms with Crippen molar-refractivity contribution in [3.05, 3.63) is 33.8 Å². The van der Waals surface area contributed by atoms with E-state index in [9.17, 15) is 9.90 Å². The number of hydrogen-bond donors (Lipinski definition) is 1. The lowest BCUT2D eigenvalue weighted by molar-refractivity contribution is -0.127. The van der Waals surface area contributed by atoms with E-state index in [-0.39, 0.29) is 12.2 Å². The fourth-order valence-corrected chi connectivity index (χ4v) is 3.34. The number of ketones is 1. The van der Waals surface area contributed by atoms with Gasteiger partial charge in [-0.2, -0.15) is 0 Å². The normalized spacial score (nSPS) is 33.1. The van der Waals surface area contributed by atoms with Crippen LogP contribution in [0.1, 0.15) is 18.9 Å². The van der Waals surface area contributed by atoms with Crippen LogP contribution in [-0.2, 0) is 9.63 Å². The largest absolute Gasteiger partial charge is 0.389 e. The number of carbonyl (C=O) groups excluding carboxylic acids is 1. The van der Waals surface area contributed by atoms with Crippen LogP contribution in [0.3, 0.4) is 0 Å². The summed E-state index contributed by atoms with van der Waals surface area (Å²) in [6.07, 6.45) is -0.694. The van der Waals surface area contributed by atoms with Crippen LogP contribution >= 0.6 is 23.2 Å². The molecule has 0 unspecified atom stereocenters. The molecule has 3 atom stereocenters. The van der Waals surface area contributed by atoms with Crippen LogP contribution in [0.15, 0.2) is 23.4 Å². The Kier molecular flexibility index (Phi) is 2.85. The Morgan fingerprint density at radius 3 is 2.68 bits per heavy atom. The highest BCUT2D eigenvalue weighted by Crippen LogP contribution is 2.43. The molecule has 1 aromatic rings. The lowest BCUT2D eigenvalue weighted by Gasteiger charge is -2.23. The molecule has 1 aliphatic carbocycles. The molecular weight excluding hydrogens is 289 g/mol. The van der Waals surface area contributed by atoms with Crippen molar-refractivity contribution >= 4 is 34.7 Å². The van der Waals surface area contributed by atoms with Crippen molar-refractivity contribution in [2.24, 2.45) is 11.1 Å². The third kappa shape index (κ3) is 1.86. The first-order chi connectivity index (χ1) is 8.92. The highest BCUT2D eigenvalue weighted by molar-refractivity contribution is 6.40. The number of fused-ring (bicyclic) bond motifs is 1. The first-order valence-electron chi connectivity index (χ1n) is 5.85. The number of aliphatic hydroxyl groups is 1. The van der Waals surface area contributed by atoms with Gasteiger partial charge in [-0.15, -0.1) is 0 Å². The van der Waals surface area contributed by atoms with E-state index >= 15 is 0 Å². The van der Waals surface area contributed by atoms with Gasteiger partial charge in [0.2, 0.25) is 0 Å². The Bertz CT molecular complexity index is 577. The first-order valence-corrected chi connectivity index (χ1v) is 6.60. The van der Waals surface area contributed by atoms with E-state index in [0.29, 0.717) is 21.3 Å². The van der Waals surface area contributed by atoms with Crippen LogP contribution in [0.5, 0.6) is 0 Å². The minimum Gasteiger partial charge on any atom is -0.389 e. The van der Waals surface area contributed by atoms with E-state index in [1.807, 2.05) is 0 Å². The van der Waals surface area contributed by atoms with E-state index in [4.69, 9.17) is 28.0 Å². The zero-order valence-corrected chi connectivity index (χ0v) is 11.6. The summed E-state index contributed by atoms with van der Waals surface area (Å²) >= 11 is 12.3. The summed E-state index contributed by atoms with van der Waals surface area (Å²) in [6.45, 7) is 1.60. The Morgan fingerprint density at radius 1 is 1.42 bits per heavy atom. The van der Waals surface area contributed by atoms with Crippen LogP contribution in [0.25, 0.3) is 0 Å². The van der Waals surface area contributed by atoms with Gasteiger partial charge in [-0.1, -0.05) is 34.4 Å². The number of Topliss-reactive ketones (excluding diaryl/α,β-unsaturated/α-hetero) is 1. The van der Waals surface area contributed by atoms with Gasteiger partial charge in [-0.3, -0.25) is 4.79 Å². The Hall–Kier alpha value is -1.10. The monoisotopic (exact) mass is 299 g/mol. The second-order valence-corrected chi connectivity index (χ2v) is 5.89. The molecule has 19 heavy (non-hydrogen) atoms. The molecular formula is C13H11Cl2NO3. The zero-order valence-electron chi connectivity index (χ0n) is 10.1. The predicted octanol–water partition coefficient (Wildman–Crippen LogP) is 2.44. The van der Waals surface area contributed by atoms with Crippen molar-refractivity contribution in [1.29, 1.82) is 0 Å². The molecule has 0 radical (unpaired) electrons. The maximum absolute atomic E-state index is 11.8. The number of benzene rings is 1. The van der Waals surface area contributed by atoms with Crippen molar-refractivity contribution in [2.45, 2.75) is 25.0 Å². The van der Waals surface area contributed by atoms with E-state index in [0.717, 1.165) is 0 Å². The number of hydrogen-bond acceptors (Lipinski definition) is 4. The summed E-state index contributed by atoms with van der Waals surface area (Å²) < 4.78 is 0. The summed E-state index contributed by atoms with van der Waals surface area (Å²) in [5.41, 5.74) is -0.232. The topological polar surface area (TPSA) is 58.9 Å². The number of carbonyl (C=O) groups is 1. The molecule has 100 valence electrons. The average molecular weight is 300 g/mol. The summed E-state index contributed by atoms with van der Waals surface area (Å²) in [5, 5.41) is 15.1. The molecule has 3 rings (SSSR count). The predicted molar refractivity (Wildman–Crippen MR) is 71.6 cm³/mol. The van der Waals surface area contributed by atoms with E-state index in [1.54, 1.807) is 25.1 Å².